The molecule has 0 spiro atoms. The number of hydrogen-bond acceptors (Lipinski definition) is 2. The Hall–Kier alpha value is -5.70. The molecule has 0 N–H and O–H groups in total. The molecule has 0 aliphatic heterocycles. The topological polar surface area (TPSA) is 47.6 Å². The third-order valence-corrected chi connectivity index (χ3v) is 10.9. The van der Waals surface area contributed by atoms with Crippen LogP contribution in [-0.2, 0) is 12.8 Å². The second-order valence-corrected chi connectivity index (χ2v) is 14.9. The monoisotopic (exact) mass is 690 g/mol. The SMILES string of the molecule is Cc1cc(-c2ccc(CCCCCCCc3ccc(-c4ccc(-c5cc(C)c(C#N)c(C)c5)c(C)c4)cc3)cc2)ccc1-c1cc(C)c(C#N)c(C)c1. The van der Waals surface area contributed by atoms with Crippen molar-refractivity contribution in [3.05, 3.63) is 165 Å². The van der Waals surface area contributed by atoms with E-state index in [4.69, 9.17) is 0 Å². The van der Waals surface area contributed by atoms with Gasteiger partial charge in [0.25, 0.3) is 0 Å². The average molecular weight is 691 g/mol. The Bertz CT molecular complexity index is 2110. The summed E-state index contributed by atoms with van der Waals surface area (Å²) in [4.78, 5) is 0. The van der Waals surface area contributed by atoms with Crippen molar-refractivity contribution in [3.63, 3.8) is 0 Å². The first-order chi connectivity index (χ1) is 25.6. The number of hydrogen-bond donors (Lipinski definition) is 0. The molecule has 0 atom stereocenters. The average Bonchev–Trinajstić information content (AvgIpc) is 3.14. The lowest BCUT2D eigenvalue weighted by molar-refractivity contribution is 0.613. The van der Waals surface area contributed by atoms with Crippen molar-refractivity contribution in [2.24, 2.45) is 0 Å². The predicted octanol–water partition coefficient (Wildman–Crippen LogP) is 13.7. The highest BCUT2D eigenvalue weighted by molar-refractivity contribution is 5.76. The van der Waals surface area contributed by atoms with Crippen molar-refractivity contribution < 1.29 is 0 Å². The second kappa shape index (κ2) is 16.8. The largest absolute Gasteiger partial charge is 0.192 e. The standard InChI is InChI=1S/C51H50N2/c1-34-26-44(22-24-48(34)46-28-36(3)50(32-52)37(4)29-46)42-18-14-40(15-19-42)12-10-8-7-9-11-13-41-16-20-43(21-17-41)45-23-25-49(35(2)27-45)47-30-38(5)51(33-53)39(6)31-47/h14-31H,7-13H2,1-6H3. The Balaban J connectivity index is 0.933. The van der Waals surface area contributed by atoms with Crippen LogP contribution in [0.4, 0.5) is 0 Å². The van der Waals surface area contributed by atoms with Gasteiger partial charge in [0.2, 0.25) is 0 Å². The summed E-state index contributed by atoms with van der Waals surface area (Å²) in [7, 11) is 0. The molecule has 6 rings (SSSR count). The van der Waals surface area contributed by atoms with E-state index in [-0.39, 0.29) is 0 Å². The lowest BCUT2D eigenvalue weighted by atomic mass is 9.92. The summed E-state index contributed by atoms with van der Waals surface area (Å²) in [6, 6.07) is 44.8. The Morgan fingerprint density at radius 2 is 0.642 bits per heavy atom. The fraction of sp³-hybridized carbons (Fsp3) is 0.255. The van der Waals surface area contributed by atoms with E-state index in [1.54, 1.807) is 0 Å². The van der Waals surface area contributed by atoms with E-state index < -0.39 is 0 Å². The van der Waals surface area contributed by atoms with Crippen molar-refractivity contribution in [2.45, 2.75) is 86.5 Å². The molecule has 2 heteroatoms. The molecule has 2 nitrogen and oxygen atoms in total. The Kier molecular flexibility index (Phi) is 11.7. The molecule has 0 aliphatic rings. The molecule has 0 saturated carbocycles. The van der Waals surface area contributed by atoms with Crippen LogP contribution in [-0.4, -0.2) is 0 Å². The van der Waals surface area contributed by atoms with Gasteiger partial charge in [-0.3, -0.25) is 0 Å². The predicted molar refractivity (Wildman–Crippen MR) is 223 cm³/mol. The lowest BCUT2D eigenvalue weighted by Crippen LogP contribution is -1.92. The number of rotatable bonds is 12. The molecule has 0 aliphatic carbocycles. The minimum Gasteiger partial charge on any atom is -0.192 e. The van der Waals surface area contributed by atoms with Crippen LogP contribution >= 0.6 is 0 Å². The number of unbranched alkanes of at least 4 members (excludes halogenated alkanes) is 4. The normalized spacial score (nSPS) is 10.9. The van der Waals surface area contributed by atoms with Gasteiger partial charge >= 0.3 is 0 Å². The molecule has 0 saturated heterocycles. The van der Waals surface area contributed by atoms with Gasteiger partial charge in [0.15, 0.2) is 0 Å². The van der Waals surface area contributed by atoms with Gasteiger partial charge in [0, 0.05) is 0 Å². The van der Waals surface area contributed by atoms with Crippen molar-refractivity contribution in [2.75, 3.05) is 0 Å². The van der Waals surface area contributed by atoms with Gasteiger partial charge in [-0.2, -0.15) is 10.5 Å². The zero-order valence-electron chi connectivity index (χ0n) is 32.2. The van der Waals surface area contributed by atoms with E-state index >= 15 is 0 Å². The van der Waals surface area contributed by atoms with E-state index in [1.807, 2.05) is 27.7 Å². The number of nitriles is 2. The Morgan fingerprint density at radius 3 is 0.962 bits per heavy atom. The molecule has 0 unspecified atom stereocenters. The van der Waals surface area contributed by atoms with Crippen LogP contribution in [0.25, 0.3) is 44.5 Å². The van der Waals surface area contributed by atoms with Crippen LogP contribution in [0.15, 0.2) is 109 Å². The van der Waals surface area contributed by atoms with Gasteiger partial charge in [-0.15, -0.1) is 0 Å². The maximum atomic E-state index is 9.45. The van der Waals surface area contributed by atoms with Gasteiger partial charge < -0.3 is 0 Å². The summed E-state index contributed by atoms with van der Waals surface area (Å²) in [5.74, 6) is 0. The minimum absolute atomic E-state index is 0.780. The van der Waals surface area contributed by atoms with Gasteiger partial charge in [-0.05, 0) is 156 Å². The fourth-order valence-corrected chi connectivity index (χ4v) is 7.84. The highest BCUT2D eigenvalue weighted by Gasteiger charge is 2.11. The zero-order valence-corrected chi connectivity index (χ0v) is 32.2. The number of nitrogens with zero attached hydrogens (tertiary/aromatic N) is 2. The molecule has 0 bridgehead atoms. The van der Waals surface area contributed by atoms with Crippen LogP contribution in [0.3, 0.4) is 0 Å². The van der Waals surface area contributed by atoms with Crippen LogP contribution in [0, 0.1) is 64.2 Å². The molecule has 264 valence electrons. The van der Waals surface area contributed by atoms with Crippen LogP contribution < -0.4 is 0 Å². The number of aryl methyl sites for hydroxylation is 8. The maximum absolute atomic E-state index is 9.45. The fourth-order valence-electron chi connectivity index (χ4n) is 7.84. The van der Waals surface area contributed by atoms with Gasteiger partial charge in [0.1, 0.15) is 0 Å². The summed E-state index contributed by atoms with van der Waals surface area (Å²) in [5.41, 5.74) is 20.8. The third kappa shape index (κ3) is 8.68. The molecule has 0 fully saturated rings. The van der Waals surface area contributed by atoms with Crippen LogP contribution in [0.2, 0.25) is 0 Å². The second-order valence-electron chi connectivity index (χ2n) is 14.9. The number of benzene rings is 6. The van der Waals surface area contributed by atoms with Crippen molar-refractivity contribution in [1.29, 1.82) is 10.5 Å². The molecule has 0 amide bonds. The molecular weight excluding hydrogens is 641 g/mol. The summed E-state index contributed by atoms with van der Waals surface area (Å²) in [6.07, 6.45) is 8.54. The molecule has 6 aromatic carbocycles. The third-order valence-electron chi connectivity index (χ3n) is 10.9. The van der Waals surface area contributed by atoms with E-state index in [9.17, 15) is 10.5 Å². The van der Waals surface area contributed by atoms with Gasteiger partial charge in [-0.1, -0.05) is 128 Å². The maximum Gasteiger partial charge on any atom is 0.0997 e. The molecule has 0 heterocycles. The van der Waals surface area contributed by atoms with E-state index in [0.717, 1.165) is 46.2 Å². The van der Waals surface area contributed by atoms with Crippen LogP contribution in [0.5, 0.6) is 0 Å². The summed E-state index contributed by atoms with van der Waals surface area (Å²) in [5, 5.41) is 18.9. The molecule has 0 radical (unpaired) electrons. The first-order valence-corrected chi connectivity index (χ1v) is 19.1. The van der Waals surface area contributed by atoms with Crippen LogP contribution in [0.1, 0.15) is 87.7 Å². The molecule has 6 aromatic rings. The van der Waals surface area contributed by atoms with E-state index in [2.05, 4.69) is 135 Å². The van der Waals surface area contributed by atoms with E-state index in [0.29, 0.717) is 0 Å². The Morgan fingerprint density at radius 1 is 0.340 bits per heavy atom. The smallest absolute Gasteiger partial charge is 0.0997 e. The quantitative estimate of drug-likeness (QED) is 0.120. The minimum atomic E-state index is 0.780. The van der Waals surface area contributed by atoms with E-state index in [1.165, 1.54) is 98.9 Å². The highest BCUT2D eigenvalue weighted by Crippen LogP contribution is 2.33. The summed E-state index contributed by atoms with van der Waals surface area (Å²) >= 11 is 0. The zero-order chi connectivity index (χ0) is 37.5. The molecule has 53 heavy (non-hydrogen) atoms. The van der Waals surface area contributed by atoms with Crippen molar-refractivity contribution >= 4 is 0 Å². The Labute approximate surface area is 317 Å². The van der Waals surface area contributed by atoms with Gasteiger partial charge in [0.05, 0.1) is 23.3 Å². The lowest BCUT2D eigenvalue weighted by Gasteiger charge is -2.12. The molecule has 0 aromatic heterocycles. The highest BCUT2D eigenvalue weighted by atomic mass is 14.3. The molecular formula is C51H50N2. The summed E-state index contributed by atoms with van der Waals surface area (Å²) in [6.45, 7) is 12.4. The first kappa shape index (κ1) is 37.1. The van der Waals surface area contributed by atoms with Crippen molar-refractivity contribution in [3.8, 4) is 56.6 Å². The van der Waals surface area contributed by atoms with Crippen molar-refractivity contribution in [1.82, 2.24) is 0 Å². The first-order valence-electron chi connectivity index (χ1n) is 19.1. The summed E-state index contributed by atoms with van der Waals surface area (Å²) < 4.78 is 0. The van der Waals surface area contributed by atoms with Gasteiger partial charge in [-0.25, -0.2) is 0 Å².